The topological polar surface area (TPSA) is 53.4 Å². The van der Waals surface area contributed by atoms with Crippen molar-refractivity contribution in [2.24, 2.45) is 0 Å². The second kappa shape index (κ2) is 5.48. The first-order valence-electron chi connectivity index (χ1n) is 6.15. The Morgan fingerprint density at radius 1 is 1.56 bits per heavy atom. The number of aromatic nitrogens is 1. The first kappa shape index (κ1) is 13.7. The zero-order valence-electron chi connectivity index (χ0n) is 10.8. The predicted molar refractivity (Wildman–Crippen MR) is 77.2 cm³/mol. The minimum absolute atomic E-state index is 0.394. The van der Waals surface area contributed by atoms with Crippen LogP contribution in [0.4, 0.5) is 5.13 Å². The molecule has 4 nitrogen and oxygen atoms in total. The molecule has 0 aliphatic carbocycles. The Hall–Kier alpha value is -0.750. The second-order valence-corrected chi connectivity index (χ2v) is 6.90. The molecule has 2 atom stereocenters. The van der Waals surface area contributed by atoms with Crippen LogP contribution in [0.25, 0.3) is 0 Å². The van der Waals surface area contributed by atoms with Crippen molar-refractivity contribution in [3.05, 3.63) is 10.6 Å². The monoisotopic (exact) mass is 286 g/mol. The molecule has 2 rings (SSSR count). The third-order valence-corrected chi connectivity index (χ3v) is 5.81. The Balaban J connectivity index is 2.30. The van der Waals surface area contributed by atoms with E-state index in [0.29, 0.717) is 28.3 Å². The van der Waals surface area contributed by atoms with E-state index >= 15 is 0 Å². The highest BCUT2D eigenvalue weighted by molar-refractivity contribution is 8.00. The van der Waals surface area contributed by atoms with Gasteiger partial charge < -0.3 is 10.0 Å². The number of carbonyl (C=O) groups is 1. The molecule has 2 unspecified atom stereocenters. The molecule has 18 heavy (non-hydrogen) atoms. The fraction of sp³-hybridized carbons (Fsp3) is 0.667. The summed E-state index contributed by atoms with van der Waals surface area (Å²) in [5, 5.41) is 10.6. The van der Waals surface area contributed by atoms with Crippen LogP contribution in [-0.2, 0) is 6.42 Å². The van der Waals surface area contributed by atoms with E-state index in [1.165, 1.54) is 11.3 Å². The lowest BCUT2D eigenvalue weighted by Gasteiger charge is -2.37. The summed E-state index contributed by atoms with van der Waals surface area (Å²) in [7, 11) is 0. The van der Waals surface area contributed by atoms with E-state index in [2.05, 4.69) is 23.7 Å². The number of rotatable bonds is 3. The third-order valence-electron chi connectivity index (χ3n) is 3.34. The highest BCUT2D eigenvalue weighted by Gasteiger charge is 2.29. The zero-order valence-corrected chi connectivity index (χ0v) is 12.5. The molecule has 0 aromatic carbocycles. The molecule has 1 aliphatic heterocycles. The molecular formula is C12H18N2O2S2. The van der Waals surface area contributed by atoms with Crippen molar-refractivity contribution < 1.29 is 9.90 Å². The first-order valence-corrected chi connectivity index (χ1v) is 8.02. The summed E-state index contributed by atoms with van der Waals surface area (Å²) in [6.45, 7) is 7.30. The zero-order chi connectivity index (χ0) is 13.3. The minimum atomic E-state index is -0.859. The smallest absolute Gasteiger partial charge is 0.347 e. The number of aromatic carboxylic acids is 1. The van der Waals surface area contributed by atoms with Crippen LogP contribution in [-0.4, -0.2) is 39.6 Å². The summed E-state index contributed by atoms with van der Waals surface area (Å²) in [5.74, 6) is 0.220. The van der Waals surface area contributed by atoms with Gasteiger partial charge in [0.2, 0.25) is 0 Å². The van der Waals surface area contributed by atoms with Crippen LogP contribution >= 0.6 is 23.1 Å². The lowest BCUT2D eigenvalue weighted by atomic mass is 10.2. The van der Waals surface area contributed by atoms with Gasteiger partial charge in [-0.2, -0.15) is 11.8 Å². The Kier molecular flexibility index (Phi) is 4.17. The normalized spacial score (nSPS) is 24.3. The predicted octanol–water partition coefficient (Wildman–Crippen LogP) is 2.73. The number of thioether (sulfide) groups is 1. The number of hydrogen-bond acceptors (Lipinski definition) is 5. The number of carboxylic acid groups (broad SMARTS) is 1. The Morgan fingerprint density at radius 3 is 2.83 bits per heavy atom. The lowest BCUT2D eigenvalue weighted by Crippen LogP contribution is -2.44. The largest absolute Gasteiger partial charge is 0.477 e. The molecule has 0 amide bonds. The summed E-state index contributed by atoms with van der Waals surface area (Å²) < 4.78 is 0. The Bertz CT molecular complexity index is 447. The molecule has 1 N–H and O–H groups in total. The van der Waals surface area contributed by atoms with E-state index in [9.17, 15) is 9.90 Å². The van der Waals surface area contributed by atoms with Gasteiger partial charge in [-0.05, 0) is 13.3 Å². The van der Waals surface area contributed by atoms with Gasteiger partial charge in [0.25, 0.3) is 0 Å². The van der Waals surface area contributed by atoms with Crippen molar-refractivity contribution in [3.63, 3.8) is 0 Å². The van der Waals surface area contributed by atoms with Crippen molar-refractivity contribution in [1.29, 1.82) is 0 Å². The van der Waals surface area contributed by atoms with E-state index in [-0.39, 0.29) is 0 Å². The Labute approximate surface area is 115 Å². The number of anilines is 1. The van der Waals surface area contributed by atoms with Crippen molar-refractivity contribution in [1.82, 2.24) is 4.98 Å². The fourth-order valence-corrected chi connectivity index (χ4v) is 4.28. The van der Waals surface area contributed by atoms with Crippen LogP contribution < -0.4 is 4.90 Å². The van der Waals surface area contributed by atoms with Crippen molar-refractivity contribution in [3.8, 4) is 0 Å². The molecule has 6 heteroatoms. The molecule has 1 aromatic rings. The van der Waals surface area contributed by atoms with E-state index < -0.39 is 5.97 Å². The van der Waals surface area contributed by atoms with E-state index in [1.807, 2.05) is 18.7 Å². The first-order chi connectivity index (χ1) is 8.54. The van der Waals surface area contributed by atoms with Crippen LogP contribution in [0.3, 0.4) is 0 Å². The molecule has 0 spiro atoms. The van der Waals surface area contributed by atoms with Gasteiger partial charge in [-0.1, -0.05) is 25.2 Å². The van der Waals surface area contributed by atoms with Crippen LogP contribution in [0.1, 0.15) is 36.1 Å². The standard InChI is InChI=1S/C12H18N2O2S2/c1-4-9-10(11(15)16)18-12(13-9)14-5-6-17-8(3)7(14)2/h7-8H,4-6H2,1-3H3,(H,15,16). The molecule has 1 aliphatic rings. The van der Waals surface area contributed by atoms with Crippen LogP contribution in [0, 0.1) is 0 Å². The van der Waals surface area contributed by atoms with Crippen LogP contribution in [0.15, 0.2) is 0 Å². The number of thiazole rings is 1. The van der Waals surface area contributed by atoms with E-state index in [4.69, 9.17) is 0 Å². The quantitative estimate of drug-likeness (QED) is 0.926. The van der Waals surface area contributed by atoms with Crippen molar-refractivity contribution in [2.75, 3.05) is 17.2 Å². The molecule has 2 heterocycles. The summed E-state index contributed by atoms with van der Waals surface area (Å²) in [5.41, 5.74) is 0.709. The summed E-state index contributed by atoms with van der Waals surface area (Å²) >= 11 is 3.28. The maximum atomic E-state index is 11.2. The second-order valence-electron chi connectivity index (χ2n) is 4.44. The highest BCUT2D eigenvalue weighted by atomic mass is 32.2. The van der Waals surface area contributed by atoms with Crippen LogP contribution in [0.2, 0.25) is 0 Å². The minimum Gasteiger partial charge on any atom is -0.477 e. The number of hydrogen-bond donors (Lipinski definition) is 1. The molecule has 1 saturated heterocycles. The van der Waals surface area contributed by atoms with Crippen LogP contribution in [0.5, 0.6) is 0 Å². The van der Waals surface area contributed by atoms with E-state index in [1.54, 1.807) is 0 Å². The lowest BCUT2D eigenvalue weighted by molar-refractivity contribution is 0.0701. The van der Waals surface area contributed by atoms with Gasteiger partial charge in [0, 0.05) is 23.6 Å². The van der Waals surface area contributed by atoms with Gasteiger partial charge >= 0.3 is 5.97 Å². The molecular weight excluding hydrogens is 268 g/mol. The highest BCUT2D eigenvalue weighted by Crippen LogP contribution is 2.33. The SMILES string of the molecule is CCc1nc(N2CCSC(C)C2C)sc1C(=O)O. The molecule has 100 valence electrons. The maximum Gasteiger partial charge on any atom is 0.347 e. The molecule has 0 saturated carbocycles. The average Bonchev–Trinajstić information content (AvgIpc) is 2.76. The van der Waals surface area contributed by atoms with Gasteiger partial charge in [-0.25, -0.2) is 9.78 Å². The summed E-state index contributed by atoms with van der Waals surface area (Å²) in [4.78, 5) is 18.3. The number of carboxylic acids is 1. The van der Waals surface area contributed by atoms with Gasteiger partial charge in [0.15, 0.2) is 5.13 Å². The van der Waals surface area contributed by atoms with E-state index in [0.717, 1.165) is 17.4 Å². The average molecular weight is 286 g/mol. The fourth-order valence-electron chi connectivity index (χ4n) is 2.07. The van der Waals surface area contributed by atoms with Gasteiger partial charge in [-0.3, -0.25) is 0 Å². The van der Waals surface area contributed by atoms with Crippen molar-refractivity contribution in [2.45, 2.75) is 38.5 Å². The molecule has 0 bridgehead atoms. The van der Waals surface area contributed by atoms with Gasteiger partial charge in [0.05, 0.1) is 5.69 Å². The molecule has 1 fully saturated rings. The summed E-state index contributed by atoms with van der Waals surface area (Å²) in [6.07, 6.45) is 0.671. The van der Waals surface area contributed by atoms with Gasteiger partial charge in [0.1, 0.15) is 4.88 Å². The van der Waals surface area contributed by atoms with Gasteiger partial charge in [-0.15, -0.1) is 0 Å². The molecule has 0 radical (unpaired) electrons. The number of aryl methyl sites for hydroxylation is 1. The third kappa shape index (κ3) is 2.49. The maximum absolute atomic E-state index is 11.2. The molecule has 1 aromatic heterocycles. The van der Waals surface area contributed by atoms with Crippen molar-refractivity contribution >= 4 is 34.2 Å². The number of nitrogens with zero attached hydrogens (tertiary/aromatic N) is 2. The Morgan fingerprint density at radius 2 is 2.28 bits per heavy atom. The summed E-state index contributed by atoms with van der Waals surface area (Å²) in [6, 6.07) is 0.404.